The minimum absolute atomic E-state index is 0.118. The molecule has 2 aliphatic heterocycles. The second-order valence-corrected chi connectivity index (χ2v) is 9.65. The van der Waals surface area contributed by atoms with Gasteiger partial charge in [0.05, 0.1) is 6.07 Å². The maximum Gasteiger partial charge on any atom is 0.255 e. The number of carbonyl (C=O) groups is 3. The summed E-state index contributed by atoms with van der Waals surface area (Å²) in [5.41, 5.74) is 2.30. The molecule has 33 heavy (non-hydrogen) atoms. The van der Waals surface area contributed by atoms with E-state index in [2.05, 4.69) is 29.3 Å². The Bertz CT molecular complexity index is 940. The molecular weight excluding hydrogens is 436 g/mol. The van der Waals surface area contributed by atoms with Crippen molar-refractivity contribution in [2.24, 2.45) is 0 Å². The summed E-state index contributed by atoms with van der Waals surface area (Å²) in [6, 6.07) is 7.28. The first-order chi connectivity index (χ1) is 16.0. The van der Waals surface area contributed by atoms with E-state index in [1.807, 2.05) is 12.1 Å². The van der Waals surface area contributed by atoms with Gasteiger partial charge in [-0.25, -0.2) is 0 Å². The third-order valence-electron chi connectivity index (χ3n) is 6.06. The highest BCUT2D eigenvalue weighted by Gasteiger charge is 2.39. The Balaban J connectivity index is 1.36. The van der Waals surface area contributed by atoms with Gasteiger partial charge < -0.3 is 10.2 Å². The molecule has 176 valence electrons. The fourth-order valence-electron chi connectivity index (χ4n) is 4.18. The molecule has 8 heteroatoms. The third kappa shape index (κ3) is 6.92. The summed E-state index contributed by atoms with van der Waals surface area (Å²) in [4.78, 5) is 39.3. The predicted molar refractivity (Wildman–Crippen MR) is 129 cm³/mol. The van der Waals surface area contributed by atoms with E-state index in [0.29, 0.717) is 30.5 Å². The molecule has 1 unspecified atom stereocenters. The lowest BCUT2D eigenvalue weighted by atomic mass is 10.0. The number of hydrogen-bond acceptors (Lipinski definition) is 6. The van der Waals surface area contributed by atoms with Crippen LogP contribution in [0.2, 0.25) is 0 Å². The summed E-state index contributed by atoms with van der Waals surface area (Å²) >= 11 is 1.78. The Morgan fingerprint density at radius 3 is 2.76 bits per heavy atom. The Morgan fingerprint density at radius 2 is 1.97 bits per heavy atom. The lowest BCUT2D eigenvalue weighted by molar-refractivity contribution is -0.136. The normalized spacial score (nSPS) is 17.6. The van der Waals surface area contributed by atoms with Gasteiger partial charge in [-0.2, -0.15) is 5.26 Å². The van der Waals surface area contributed by atoms with E-state index < -0.39 is 6.04 Å². The maximum atomic E-state index is 12.9. The van der Waals surface area contributed by atoms with Gasteiger partial charge in [-0.3, -0.25) is 19.7 Å². The molecule has 0 bridgehead atoms. The van der Waals surface area contributed by atoms with Crippen LogP contribution in [0.1, 0.15) is 67.3 Å². The first-order valence-electron chi connectivity index (χ1n) is 11.7. The van der Waals surface area contributed by atoms with Crippen LogP contribution in [0.25, 0.3) is 0 Å². The number of rotatable bonds is 13. The molecule has 7 nitrogen and oxygen atoms in total. The molecule has 1 fully saturated rings. The number of imide groups is 1. The molecular formula is C25H32N4O3S. The molecule has 3 rings (SSSR count). The van der Waals surface area contributed by atoms with Crippen LogP contribution in [-0.2, 0) is 16.1 Å². The number of piperidine rings is 1. The van der Waals surface area contributed by atoms with Crippen LogP contribution < -0.4 is 10.6 Å². The van der Waals surface area contributed by atoms with Gasteiger partial charge in [-0.15, -0.1) is 11.8 Å². The van der Waals surface area contributed by atoms with Crippen molar-refractivity contribution in [1.29, 1.82) is 5.26 Å². The Kier molecular flexibility index (Phi) is 9.52. The van der Waals surface area contributed by atoms with Crippen molar-refractivity contribution in [2.45, 2.75) is 68.8 Å². The van der Waals surface area contributed by atoms with Crippen molar-refractivity contribution in [3.05, 3.63) is 41.5 Å². The van der Waals surface area contributed by atoms with Crippen molar-refractivity contribution in [2.75, 3.05) is 18.8 Å². The molecule has 3 amide bonds. The van der Waals surface area contributed by atoms with E-state index in [0.717, 1.165) is 42.1 Å². The number of thioether (sulfide) groups is 1. The molecule has 1 aromatic rings. The highest BCUT2D eigenvalue weighted by atomic mass is 32.2. The number of nitrogens with one attached hydrogen (secondary N) is 2. The van der Waals surface area contributed by atoms with Crippen molar-refractivity contribution in [3.63, 3.8) is 0 Å². The molecule has 1 aromatic carbocycles. The fourth-order valence-corrected chi connectivity index (χ4v) is 5.27. The number of hydrogen-bond donors (Lipinski definition) is 2. The van der Waals surface area contributed by atoms with Crippen LogP contribution >= 0.6 is 11.8 Å². The summed E-state index contributed by atoms with van der Waals surface area (Å²) in [6.45, 7) is 5.89. The van der Waals surface area contributed by atoms with E-state index in [4.69, 9.17) is 5.26 Å². The highest BCUT2D eigenvalue weighted by Crippen LogP contribution is 2.34. The van der Waals surface area contributed by atoms with Gasteiger partial charge in [0.2, 0.25) is 11.8 Å². The number of nitriles is 1. The molecule has 1 saturated heterocycles. The first-order valence-corrected chi connectivity index (χ1v) is 12.7. The standard InChI is InChI=1S/C25H32N4O3S/c1-18(16-26)12-14-27-13-5-3-2-4-6-15-33-22-9-7-8-19-20(22)17-29(25(19)32)21-10-11-23(30)28-24(21)31/h7-9,21,27H,1-6,10-15,17H2,(H,28,30,31). The number of fused-ring (bicyclic) bond motifs is 1. The van der Waals surface area contributed by atoms with Crippen LogP contribution in [0.15, 0.2) is 35.2 Å². The van der Waals surface area contributed by atoms with Gasteiger partial charge in [-0.05, 0) is 62.2 Å². The van der Waals surface area contributed by atoms with Crippen LogP contribution in [0.3, 0.4) is 0 Å². The third-order valence-corrected chi connectivity index (χ3v) is 7.24. The molecule has 2 heterocycles. The van der Waals surface area contributed by atoms with Crippen LogP contribution in [0, 0.1) is 11.3 Å². The zero-order chi connectivity index (χ0) is 23.6. The summed E-state index contributed by atoms with van der Waals surface area (Å²) in [5, 5.41) is 14.4. The van der Waals surface area contributed by atoms with Gasteiger partial charge in [0.15, 0.2) is 0 Å². The molecule has 1 atom stereocenters. The number of unbranched alkanes of at least 4 members (excludes halogenated alkanes) is 4. The molecule has 2 aliphatic rings. The summed E-state index contributed by atoms with van der Waals surface area (Å²) in [7, 11) is 0. The number of carbonyl (C=O) groups excluding carboxylic acids is 3. The van der Waals surface area contributed by atoms with E-state index in [1.54, 1.807) is 16.7 Å². The first kappa shape index (κ1) is 25.0. The molecule has 0 radical (unpaired) electrons. The zero-order valence-electron chi connectivity index (χ0n) is 19.0. The zero-order valence-corrected chi connectivity index (χ0v) is 19.8. The number of benzene rings is 1. The van der Waals surface area contributed by atoms with Gasteiger partial charge in [0.1, 0.15) is 6.04 Å². The Labute approximate surface area is 200 Å². The quantitative estimate of drug-likeness (QED) is 0.199. The van der Waals surface area contributed by atoms with Crippen molar-refractivity contribution >= 4 is 29.5 Å². The van der Waals surface area contributed by atoms with Gasteiger partial charge in [0.25, 0.3) is 5.91 Å². The van der Waals surface area contributed by atoms with Crippen LogP contribution in [-0.4, -0.2) is 47.5 Å². The van der Waals surface area contributed by atoms with Crippen LogP contribution in [0.4, 0.5) is 0 Å². The Morgan fingerprint density at radius 1 is 1.18 bits per heavy atom. The molecule has 0 aliphatic carbocycles. The van der Waals surface area contributed by atoms with Gasteiger partial charge in [-0.1, -0.05) is 31.9 Å². The predicted octanol–water partition coefficient (Wildman–Crippen LogP) is 3.55. The molecule has 0 spiro atoms. The molecule has 0 aromatic heterocycles. The van der Waals surface area contributed by atoms with Crippen molar-refractivity contribution in [3.8, 4) is 6.07 Å². The van der Waals surface area contributed by atoms with E-state index >= 15 is 0 Å². The van der Waals surface area contributed by atoms with E-state index in [9.17, 15) is 14.4 Å². The van der Waals surface area contributed by atoms with Crippen molar-refractivity contribution < 1.29 is 14.4 Å². The second kappa shape index (κ2) is 12.6. The van der Waals surface area contributed by atoms with Gasteiger partial charge >= 0.3 is 0 Å². The average molecular weight is 469 g/mol. The minimum atomic E-state index is -0.569. The second-order valence-electron chi connectivity index (χ2n) is 8.51. The van der Waals surface area contributed by atoms with E-state index in [1.165, 1.54) is 19.3 Å². The smallest absolute Gasteiger partial charge is 0.255 e. The monoisotopic (exact) mass is 468 g/mol. The van der Waals surface area contributed by atoms with Crippen molar-refractivity contribution in [1.82, 2.24) is 15.5 Å². The maximum absolute atomic E-state index is 12.9. The largest absolute Gasteiger partial charge is 0.322 e. The molecule has 2 N–H and O–H groups in total. The van der Waals surface area contributed by atoms with Gasteiger partial charge in [0, 0.05) is 29.0 Å². The number of nitrogens with zero attached hydrogens (tertiary/aromatic N) is 2. The summed E-state index contributed by atoms with van der Waals surface area (Å²) in [5.74, 6) is 0.240. The minimum Gasteiger partial charge on any atom is -0.322 e. The fraction of sp³-hybridized carbons (Fsp3) is 0.520. The Hall–Kier alpha value is -2.63. The topological polar surface area (TPSA) is 102 Å². The number of amides is 3. The SMILES string of the molecule is C=C(C#N)CCNCCCCCCCSc1cccc2c1CN(C1CCC(=O)NC1=O)C2=O. The average Bonchev–Trinajstić information content (AvgIpc) is 3.14. The van der Waals surface area contributed by atoms with Crippen LogP contribution in [0.5, 0.6) is 0 Å². The lowest BCUT2D eigenvalue weighted by Gasteiger charge is -2.29. The van der Waals surface area contributed by atoms with E-state index in [-0.39, 0.29) is 24.1 Å². The highest BCUT2D eigenvalue weighted by molar-refractivity contribution is 7.99. The molecule has 0 saturated carbocycles. The summed E-state index contributed by atoms with van der Waals surface area (Å²) < 4.78 is 0. The summed E-state index contributed by atoms with van der Waals surface area (Å²) in [6.07, 6.45) is 7.19. The lowest BCUT2D eigenvalue weighted by Crippen LogP contribution is -2.52.